The van der Waals surface area contributed by atoms with E-state index in [-0.39, 0.29) is 31.1 Å². The van der Waals surface area contributed by atoms with Crippen LogP contribution in [-0.4, -0.2) is 74.9 Å². The first-order valence-electron chi connectivity index (χ1n) is 10.2. The summed E-state index contributed by atoms with van der Waals surface area (Å²) < 4.78 is 51.1. The van der Waals surface area contributed by atoms with Gasteiger partial charge in [-0.2, -0.15) is 4.31 Å². The average molecular weight is 494 g/mol. The Morgan fingerprint density at radius 2 is 1.79 bits per heavy atom. The van der Waals surface area contributed by atoms with Crippen LogP contribution < -0.4 is 10.6 Å². The summed E-state index contributed by atoms with van der Waals surface area (Å²) in [5.74, 6) is 0. The molecule has 0 bridgehead atoms. The lowest BCUT2D eigenvalue weighted by atomic mass is 10.3. The average Bonchev–Trinajstić information content (AvgIpc) is 2.79. The van der Waals surface area contributed by atoms with Crippen LogP contribution in [0.25, 0.3) is 0 Å². The fraction of sp³-hybridized carbons (Fsp3) is 0.333. The van der Waals surface area contributed by atoms with Crippen LogP contribution in [0.1, 0.15) is 5.56 Å². The van der Waals surface area contributed by atoms with Crippen LogP contribution in [0.2, 0.25) is 0 Å². The first-order valence-corrected chi connectivity index (χ1v) is 13.6. The van der Waals surface area contributed by atoms with E-state index >= 15 is 0 Å². The minimum absolute atomic E-state index is 0.0826. The predicted molar refractivity (Wildman–Crippen MR) is 126 cm³/mol. The Bertz CT molecular complexity index is 1180. The molecule has 1 atom stereocenters. The largest absolute Gasteiger partial charge is 0.334 e. The van der Waals surface area contributed by atoms with Crippen molar-refractivity contribution in [3.8, 4) is 0 Å². The van der Waals surface area contributed by atoms with E-state index in [1.54, 1.807) is 23.4 Å². The van der Waals surface area contributed by atoms with Crippen LogP contribution in [0.4, 0.5) is 10.5 Å². The molecule has 1 aromatic heterocycles. The third-order valence-electron chi connectivity index (χ3n) is 5.24. The molecule has 2 N–H and O–H groups in total. The maximum atomic E-state index is 13.2. The van der Waals surface area contributed by atoms with Gasteiger partial charge in [-0.1, -0.05) is 12.1 Å². The lowest BCUT2D eigenvalue weighted by molar-refractivity contribution is 0.189. The molecule has 1 fully saturated rings. The second-order valence-electron chi connectivity index (χ2n) is 7.56. The van der Waals surface area contributed by atoms with E-state index in [1.165, 1.54) is 34.6 Å². The van der Waals surface area contributed by atoms with Crippen LogP contribution in [0.5, 0.6) is 0 Å². The van der Waals surface area contributed by atoms with Crippen molar-refractivity contribution in [2.24, 2.45) is 0 Å². The van der Waals surface area contributed by atoms with Gasteiger partial charge in [0.25, 0.3) is 0 Å². The molecule has 12 heteroatoms. The van der Waals surface area contributed by atoms with Gasteiger partial charge in [-0.05, 0) is 35.9 Å². The highest BCUT2D eigenvalue weighted by atomic mass is 32.2. The predicted octanol–water partition coefficient (Wildman–Crippen LogP) is 1.27. The zero-order valence-electron chi connectivity index (χ0n) is 18.2. The molecule has 2 amide bonds. The number of nitrogens with one attached hydrogen (secondary N) is 2. The van der Waals surface area contributed by atoms with Crippen molar-refractivity contribution < 1.29 is 21.6 Å². The number of hydrogen-bond donors (Lipinski definition) is 2. The molecule has 1 unspecified atom stereocenters. The number of nitrogens with zero attached hydrogens (tertiary/aromatic N) is 3. The minimum atomic E-state index is -3.79. The molecule has 0 saturated carbocycles. The van der Waals surface area contributed by atoms with Crippen molar-refractivity contribution in [3.05, 3.63) is 67.0 Å². The number of carbonyl (C=O) groups excluding carboxylic acids is 1. The van der Waals surface area contributed by atoms with Gasteiger partial charge < -0.3 is 10.6 Å². The van der Waals surface area contributed by atoms with Gasteiger partial charge >= 0.3 is 6.03 Å². The summed E-state index contributed by atoms with van der Waals surface area (Å²) in [6.45, 7) is 4.97. The smallest absolute Gasteiger partial charge is 0.319 e. The molecule has 0 aliphatic carbocycles. The van der Waals surface area contributed by atoms with Crippen molar-refractivity contribution in [2.45, 2.75) is 16.8 Å². The van der Waals surface area contributed by atoms with E-state index in [9.17, 15) is 21.6 Å². The number of rotatable bonds is 8. The fourth-order valence-corrected chi connectivity index (χ4v) is 5.97. The maximum Gasteiger partial charge on any atom is 0.319 e. The van der Waals surface area contributed by atoms with Gasteiger partial charge in [0.15, 0.2) is 9.84 Å². The minimum Gasteiger partial charge on any atom is -0.334 e. The number of aromatic nitrogens is 1. The molecule has 10 nitrogen and oxygen atoms in total. The molecule has 1 saturated heterocycles. The van der Waals surface area contributed by atoms with Crippen molar-refractivity contribution in [1.29, 1.82) is 0 Å². The number of sulfone groups is 1. The van der Waals surface area contributed by atoms with Crippen molar-refractivity contribution in [2.75, 3.05) is 37.8 Å². The Kier molecular flexibility index (Phi) is 7.84. The number of amides is 2. The fourth-order valence-electron chi connectivity index (χ4n) is 3.49. The summed E-state index contributed by atoms with van der Waals surface area (Å²) in [6.07, 6.45) is 5.78. The number of piperazine rings is 1. The number of hydrogen-bond acceptors (Lipinski definition) is 7. The first kappa shape index (κ1) is 24.8. The maximum absolute atomic E-state index is 13.2. The Labute approximate surface area is 194 Å². The third kappa shape index (κ3) is 6.38. The van der Waals surface area contributed by atoms with Gasteiger partial charge in [0.1, 0.15) is 5.37 Å². The lowest BCUT2D eigenvalue weighted by Crippen LogP contribution is -2.53. The Morgan fingerprint density at radius 3 is 2.33 bits per heavy atom. The monoisotopic (exact) mass is 493 g/mol. The Hall–Kier alpha value is -2.80. The number of benzene rings is 1. The topological polar surface area (TPSA) is 129 Å². The van der Waals surface area contributed by atoms with Gasteiger partial charge in [0, 0.05) is 50.8 Å². The molecule has 1 aromatic carbocycles. The quantitative estimate of drug-likeness (QED) is 0.530. The second-order valence-corrected chi connectivity index (χ2v) is 11.6. The summed E-state index contributed by atoms with van der Waals surface area (Å²) >= 11 is 0. The number of sulfonamides is 1. The van der Waals surface area contributed by atoms with Crippen LogP contribution in [-0.2, 0) is 26.4 Å². The van der Waals surface area contributed by atoms with E-state index in [0.29, 0.717) is 12.2 Å². The SMILES string of the molecule is C=CC(N1CCN(S(C)(=O)=O)CC1)S(=O)(=O)c1ccc(NC(=O)NCc2cccnc2)cc1. The molecule has 2 aromatic rings. The molecule has 33 heavy (non-hydrogen) atoms. The van der Waals surface area contributed by atoms with Gasteiger partial charge in [-0.25, -0.2) is 21.6 Å². The van der Waals surface area contributed by atoms with Gasteiger partial charge in [-0.3, -0.25) is 9.88 Å². The molecule has 0 radical (unpaired) electrons. The second kappa shape index (κ2) is 10.4. The molecular weight excluding hydrogens is 466 g/mol. The highest BCUT2D eigenvalue weighted by molar-refractivity contribution is 7.92. The summed E-state index contributed by atoms with van der Waals surface area (Å²) in [5, 5.41) is 4.37. The Balaban J connectivity index is 1.62. The third-order valence-corrected chi connectivity index (χ3v) is 8.60. The zero-order chi connectivity index (χ0) is 24.1. The number of pyridine rings is 1. The molecule has 1 aliphatic heterocycles. The molecular formula is C21H27N5O5S2. The van der Waals surface area contributed by atoms with Crippen molar-refractivity contribution in [1.82, 2.24) is 19.5 Å². The normalized spacial score (nSPS) is 16.6. The summed E-state index contributed by atoms with van der Waals surface area (Å²) in [4.78, 5) is 17.9. The van der Waals surface area contributed by atoms with Crippen LogP contribution in [0, 0.1) is 0 Å². The number of carbonyl (C=O) groups is 1. The van der Waals surface area contributed by atoms with Crippen molar-refractivity contribution in [3.63, 3.8) is 0 Å². The Morgan fingerprint density at radius 1 is 1.12 bits per heavy atom. The highest BCUT2D eigenvalue weighted by Crippen LogP contribution is 2.23. The lowest BCUT2D eigenvalue weighted by Gasteiger charge is -2.36. The van der Waals surface area contributed by atoms with Gasteiger partial charge in [0.05, 0.1) is 11.2 Å². The highest BCUT2D eigenvalue weighted by Gasteiger charge is 2.34. The standard InChI is InChI=1S/C21H27N5O5S2/c1-3-20(25-11-13-26(14-12-25)32(2,28)29)33(30,31)19-8-6-18(7-9-19)24-21(27)23-16-17-5-4-10-22-15-17/h3-10,15,20H,1,11-14,16H2,2H3,(H2,23,24,27). The van der Waals surface area contributed by atoms with E-state index < -0.39 is 31.3 Å². The first-order chi connectivity index (χ1) is 15.6. The van der Waals surface area contributed by atoms with Crippen LogP contribution in [0.3, 0.4) is 0 Å². The van der Waals surface area contributed by atoms with Crippen LogP contribution >= 0.6 is 0 Å². The molecule has 178 valence electrons. The van der Waals surface area contributed by atoms with E-state index in [2.05, 4.69) is 22.2 Å². The molecule has 0 spiro atoms. The summed E-state index contributed by atoms with van der Waals surface area (Å²) in [5.41, 5.74) is 1.29. The van der Waals surface area contributed by atoms with Crippen LogP contribution in [0.15, 0.2) is 66.3 Å². The van der Waals surface area contributed by atoms with Gasteiger partial charge in [-0.15, -0.1) is 6.58 Å². The van der Waals surface area contributed by atoms with Crippen molar-refractivity contribution >= 4 is 31.6 Å². The van der Waals surface area contributed by atoms with E-state index in [4.69, 9.17) is 0 Å². The van der Waals surface area contributed by atoms with Gasteiger partial charge in [0.2, 0.25) is 10.0 Å². The van der Waals surface area contributed by atoms with E-state index in [1.807, 2.05) is 6.07 Å². The number of anilines is 1. The summed E-state index contributed by atoms with van der Waals surface area (Å²) in [7, 11) is -7.11. The molecule has 2 heterocycles. The van der Waals surface area contributed by atoms with E-state index in [0.717, 1.165) is 11.8 Å². The molecule has 3 rings (SSSR count). The molecule has 1 aliphatic rings. The zero-order valence-corrected chi connectivity index (χ0v) is 19.8. The number of urea groups is 1. The summed E-state index contributed by atoms with van der Waals surface area (Å²) in [6, 6.07) is 9.06.